The van der Waals surface area contributed by atoms with Crippen molar-refractivity contribution in [2.45, 2.75) is 38.6 Å². The minimum absolute atomic E-state index is 0.107. The maximum Gasteiger partial charge on any atom is 0.303 e. The summed E-state index contributed by atoms with van der Waals surface area (Å²) in [6.07, 6.45) is 2.63. The molecule has 0 saturated carbocycles. The Balaban J connectivity index is 2.31. The molecule has 1 unspecified atom stereocenters. The zero-order valence-electron chi connectivity index (χ0n) is 11.4. The Labute approximate surface area is 113 Å². The molecular formula is C14H20N2O3. The van der Waals surface area contributed by atoms with Gasteiger partial charge < -0.3 is 9.84 Å². The Morgan fingerprint density at radius 3 is 2.58 bits per heavy atom. The summed E-state index contributed by atoms with van der Waals surface area (Å²) in [7, 11) is 1.62. The van der Waals surface area contributed by atoms with E-state index >= 15 is 0 Å². The number of methoxy groups -OCH3 is 1. The summed E-state index contributed by atoms with van der Waals surface area (Å²) in [5.41, 5.74) is 0.790. The number of hydrogen-bond donors (Lipinski definition) is 1. The van der Waals surface area contributed by atoms with Gasteiger partial charge in [0.2, 0.25) is 0 Å². The summed E-state index contributed by atoms with van der Waals surface area (Å²) in [4.78, 5) is 10.4. The second-order valence-electron chi connectivity index (χ2n) is 4.40. The Kier molecular flexibility index (Phi) is 6.57. The fourth-order valence-corrected chi connectivity index (χ4v) is 1.59. The van der Waals surface area contributed by atoms with Crippen molar-refractivity contribution in [1.29, 1.82) is 0 Å². The maximum absolute atomic E-state index is 10.4. The zero-order chi connectivity index (χ0) is 14.1. The quantitative estimate of drug-likeness (QED) is 0.573. The van der Waals surface area contributed by atoms with Crippen LogP contribution >= 0.6 is 0 Å². The predicted molar refractivity (Wildman–Crippen MR) is 73.1 cm³/mol. The van der Waals surface area contributed by atoms with Crippen LogP contribution in [0.3, 0.4) is 0 Å². The molecule has 5 nitrogen and oxygen atoms in total. The third-order valence-electron chi connectivity index (χ3n) is 2.71. The average molecular weight is 264 g/mol. The number of carboxylic acid groups (broad SMARTS) is 1. The molecule has 0 heterocycles. The minimum Gasteiger partial charge on any atom is -0.497 e. The summed E-state index contributed by atoms with van der Waals surface area (Å²) in [6, 6.07) is 7.48. The maximum atomic E-state index is 10.4. The van der Waals surface area contributed by atoms with Gasteiger partial charge in [0.15, 0.2) is 0 Å². The van der Waals surface area contributed by atoms with E-state index in [9.17, 15) is 4.79 Å². The smallest absolute Gasteiger partial charge is 0.303 e. The molecule has 0 bridgehead atoms. The van der Waals surface area contributed by atoms with E-state index in [1.165, 1.54) is 0 Å². The lowest BCUT2D eigenvalue weighted by molar-refractivity contribution is -0.137. The zero-order valence-corrected chi connectivity index (χ0v) is 11.4. The number of carbonyl (C=O) groups is 1. The van der Waals surface area contributed by atoms with Gasteiger partial charge in [-0.2, -0.15) is 10.2 Å². The van der Waals surface area contributed by atoms with E-state index in [1.807, 2.05) is 31.2 Å². The highest BCUT2D eigenvalue weighted by atomic mass is 16.5. The van der Waals surface area contributed by atoms with Crippen LogP contribution in [0.15, 0.2) is 34.5 Å². The summed E-state index contributed by atoms with van der Waals surface area (Å²) in [6.45, 7) is 1.98. The van der Waals surface area contributed by atoms with Crippen LogP contribution in [0.2, 0.25) is 0 Å². The van der Waals surface area contributed by atoms with Crippen LogP contribution in [0.5, 0.6) is 5.75 Å². The minimum atomic E-state index is -0.743. The van der Waals surface area contributed by atoms with Crippen LogP contribution in [0.25, 0.3) is 0 Å². The van der Waals surface area contributed by atoms with Crippen LogP contribution in [-0.4, -0.2) is 24.2 Å². The molecule has 0 aliphatic carbocycles. The van der Waals surface area contributed by atoms with E-state index in [0.717, 1.165) is 24.3 Å². The van der Waals surface area contributed by atoms with Crippen molar-refractivity contribution in [3.05, 3.63) is 24.3 Å². The van der Waals surface area contributed by atoms with E-state index in [0.29, 0.717) is 6.42 Å². The van der Waals surface area contributed by atoms with Gasteiger partial charge in [0.1, 0.15) is 5.75 Å². The second kappa shape index (κ2) is 8.24. The van der Waals surface area contributed by atoms with Crippen LogP contribution in [-0.2, 0) is 4.79 Å². The first-order valence-electron chi connectivity index (χ1n) is 6.38. The first-order valence-corrected chi connectivity index (χ1v) is 6.38. The lowest BCUT2D eigenvalue weighted by Gasteiger charge is -2.04. The molecule has 0 fully saturated rings. The molecule has 1 aromatic rings. The predicted octanol–water partition coefficient (Wildman–Crippen LogP) is 3.81. The van der Waals surface area contributed by atoms with Gasteiger partial charge in [0, 0.05) is 6.42 Å². The number of ether oxygens (including phenoxy) is 1. The molecule has 1 N–H and O–H groups in total. The fourth-order valence-electron chi connectivity index (χ4n) is 1.59. The first-order chi connectivity index (χ1) is 9.11. The SMILES string of the molecule is COc1ccc(N=NC(C)CCCCC(=O)O)cc1. The molecular weight excluding hydrogens is 244 g/mol. The van der Waals surface area contributed by atoms with Crippen LogP contribution < -0.4 is 4.74 Å². The summed E-state index contributed by atoms with van der Waals surface area (Å²) >= 11 is 0. The molecule has 0 radical (unpaired) electrons. The Morgan fingerprint density at radius 2 is 2.00 bits per heavy atom. The molecule has 19 heavy (non-hydrogen) atoms. The van der Waals surface area contributed by atoms with Gasteiger partial charge >= 0.3 is 5.97 Å². The molecule has 5 heteroatoms. The molecule has 1 atom stereocenters. The summed E-state index contributed by atoms with van der Waals surface area (Å²) in [5.74, 6) is 0.0492. The van der Waals surface area contributed by atoms with Gasteiger partial charge in [0.05, 0.1) is 18.8 Å². The fraction of sp³-hybridized carbons (Fsp3) is 0.500. The van der Waals surface area contributed by atoms with Crippen molar-refractivity contribution in [1.82, 2.24) is 0 Å². The topological polar surface area (TPSA) is 71.2 Å². The second-order valence-corrected chi connectivity index (χ2v) is 4.40. The third kappa shape index (κ3) is 6.55. The molecule has 0 aromatic heterocycles. The van der Waals surface area contributed by atoms with Gasteiger partial charge in [-0.1, -0.05) is 6.42 Å². The molecule has 1 aromatic carbocycles. The molecule has 0 amide bonds. The van der Waals surface area contributed by atoms with Crippen LogP contribution in [0.1, 0.15) is 32.6 Å². The summed E-state index contributed by atoms with van der Waals surface area (Å²) < 4.78 is 5.06. The number of carboxylic acids is 1. The number of hydrogen-bond acceptors (Lipinski definition) is 4. The molecule has 0 saturated heterocycles. The Morgan fingerprint density at radius 1 is 1.32 bits per heavy atom. The van der Waals surface area contributed by atoms with Gasteiger partial charge in [-0.25, -0.2) is 0 Å². The van der Waals surface area contributed by atoms with E-state index in [4.69, 9.17) is 9.84 Å². The monoisotopic (exact) mass is 264 g/mol. The highest BCUT2D eigenvalue weighted by Gasteiger charge is 2.01. The number of rotatable bonds is 8. The highest BCUT2D eigenvalue weighted by molar-refractivity contribution is 5.66. The van der Waals surface area contributed by atoms with Crippen LogP contribution in [0.4, 0.5) is 5.69 Å². The largest absolute Gasteiger partial charge is 0.497 e. The van der Waals surface area contributed by atoms with Crippen molar-refractivity contribution in [2.75, 3.05) is 7.11 Å². The highest BCUT2D eigenvalue weighted by Crippen LogP contribution is 2.19. The lowest BCUT2D eigenvalue weighted by Crippen LogP contribution is -1.99. The van der Waals surface area contributed by atoms with E-state index in [-0.39, 0.29) is 12.5 Å². The molecule has 104 valence electrons. The number of nitrogens with zero attached hydrogens (tertiary/aromatic N) is 2. The lowest BCUT2D eigenvalue weighted by atomic mass is 10.1. The molecule has 0 spiro atoms. The van der Waals surface area contributed by atoms with Gasteiger partial charge in [-0.05, 0) is 44.0 Å². The van der Waals surface area contributed by atoms with E-state index < -0.39 is 5.97 Å². The molecule has 1 rings (SSSR count). The van der Waals surface area contributed by atoms with E-state index in [1.54, 1.807) is 7.11 Å². The normalized spacial score (nSPS) is 12.5. The number of benzene rings is 1. The Bertz CT molecular complexity index is 415. The van der Waals surface area contributed by atoms with Gasteiger partial charge in [-0.3, -0.25) is 4.79 Å². The average Bonchev–Trinajstić information content (AvgIpc) is 2.41. The van der Waals surface area contributed by atoms with Crippen molar-refractivity contribution in [2.24, 2.45) is 10.2 Å². The standard InChI is InChI=1S/C14H20N2O3/c1-11(5-3-4-6-14(17)18)15-16-12-7-9-13(19-2)10-8-12/h7-11H,3-6H2,1-2H3,(H,17,18). The Hall–Kier alpha value is -1.91. The number of unbranched alkanes of at least 4 members (excludes halogenated alkanes) is 1. The molecule has 0 aliphatic heterocycles. The van der Waals surface area contributed by atoms with Crippen molar-refractivity contribution in [3.8, 4) is 5.75 Å². The van der Waals surface area contributed by atoms with Crippen molar-refractivity contribution in [3.63, 3.8) is 0 Å². The van der Waals surface area contributed by atoms with Crippen molar-refractivity contribution < 1.29 is 14.6 Å². The number of aliphatic carboxylic acids is 1. The first kappa shape index (κ1) is 15.1. The van der Waals surface area contributed by atoms with Gasteiger partial charge in [0.25, 0.3) is 0 Å². The van der Waals surface area contributed by atoms with E-state index in [2.05, 4.69) is 10.2 Å². The number of azo groups is 1. The molecule has 0 aliphatic rings. The van der Waals surface area contributed by atoms with Crippen molar-refractivity contribution >= 4 is 11.7 Å². The van der Waals surface area contributed by atoms with Gasteiger partial charge in [-0.15, -0.1) is 0 Å². The van der Waals surface area contributed by atoms with Crippen LogP contribution in [0, 0.1) is 0 Å². The third-order valence-corrected chi connectivity index (χ3v) is 2.71. The summed E-state index contributed by atoms with van der Waals surface area (Å²) in [5, 5.41) is 16.9.